The number of carbonyl (C=O) groups excluding carboxylic acids is 2. The molecule has 0 atom stereocenters. The van der Waals surface area contributed by atoms with Crippen molar-refractivity contribution in [2.75, 3.05) is 39.3 Å². The fourth-order valence-electron chi connectivity index (χ4n) is 15.6. The van der Waals surface area contributed by atoms with Crippen LogP contribution in [-0.2, 0) is 38.4 Å². The SMILES string of the molecule is CC(C)(C)OC(=O)N1CCC(n2cc(-c3cnc(-c4cccc(Cn5nc(C6CC6)ccc5=O)c4)nc3)cn2)CC1.CC(C)(C)OC(=O)N1CCC(n2cc(B3OC(C)(C)C(C)(C)O3)cn2)CC1.O=c1ccc(C2CC2)nn1Cc1cccc(-c2ncc(-c3cnn(C4CCNCC4)c3)cn2)c1.O=c1ccc(C2CC2)nn1Cc1cccc(-c2ncc(Br)cn2)c1. The van der Waals surface area contributed by atoms with Gasteiger partial charge in [-0.15, -0.1) is 0 Å². The highest BCUT2D eigenvalue weighted by molar-refractivity contribution is 9.10. The summed E-state index contributed by atoms with van der Waals surface area (Å²) in [7, 11) is -0.398. The quantitative estimate of drug-likeness (QED) is 0.0780. The monoisotopic (exact) mass is 1770 g/mol. The minimum absolute atomic E-state index is 0.0790. The number of hydrogen-bond acceptors (Lipinski definition) is 22. The topological polar surface area (TPSA) is 325 Å². The summed E-state index contributed by atoms with van der Waals surface area (Å²) < 4.78 is 34.7. The van der Waals surface area contributed by atoms with E-state index in [0.29, 0.717) is 87.1 Å². The second-order valence-electron chi connectivity index (χ2n) is 36.6. The smallest absolute Gasteiger partial charge is 0.444 e. The van der Waals surface area contributed by atoms with E-state index in [2.05, 4.69) is 92.6 Å². The lowest BCUT2D eigenvalue weighted by Crippen LogP contribution is -2.42. The van der Waals surface area contributed by atoms with Crippen LogP contribution in [0.25, 0.3) is 56.4 Å². The Kier molecular flexibility index (Phi) is 26.2. The zero-order valence-electron chi connectivity index (χ0n) is 73.2. The summed E-state index contributed by atoms with van der Waals surface area (Å²) in [5.74, 6) is 3.46. The Labute approximate surface area is 741 Å². The molecule has 19 rings (SSSR count). The molecular weight excluding hydrogens is 1660 g/mol. The summed E-state index contributed by atoms with van der Waals surface area (Å²) in [5.41, 5.74) is 11.5. The number of hydrogen-bond donors (Lipinski definition) is 1. The second-order valence-corrected chi connectivity index (χ2v) is 37.6. The van der Waals surface area contributed by atoms with Crippen LogP contribution in [0.3, 0.4) is 0 Å². The number of halogens is 1. The van der Waals surface area contributed by atoms with Crippen molar-refractivity contribution in [1.82, 2.24) is 104 Å². The van der Waals surface area contributed by atoms with Gasteiger partial charge in [-0.25, -0.2) is 53.5 Å². The summed E-state index contributed by atoms with van der Waals surface area (Å²) >= 11 is 3.34. The number of rotatable bonds is 18. The minimum Gasteiger partial charge on any atom is -0.444 e. The number of ether oxygens (including phenoxy) is 2. The molecule has 3 saturated carbocycles. The van der Waals surface area contributed by atoms with Crippen LogP contribution in [0.2, 0.25) is 0 Å². The zero-order valence-corrected chi connectivity index (χ0v) is 74.8. The van der Waals surface area contributed by atoms with Gasteiger partial charge in [-0.1, -0.05) is 54.6 Å². The van der Waals surface area contributed by atoms with Gasteiger partial charge in [0.1, 0.15) is 11.2 Å². The highest BCUT2D eigenvalue weighted by Crippen LogP contribution is 2.41. The van der Waals surface area contributed by atoms with Gasteiger partial charge in [0.25, 0.3) is 16.7 Å². The Hall–Kier alpha value is -11.9. The van der Waals surface area contributed by atoms with Gasteiger partial charge in [-0.05, 0) is 228 Å². The molecule has 9 aromatic heterocycles. The van der Waals surface area contributed by atoms with Crippen molar-refractivity contribution in [2.45, 2.75) is 224 Å². The van der Waals surface area contributed by atoms with E-state index >= 15 is 0 Å². The first-order chi connectivity index (χ1) is 60.5. The molecule has 4 aliphatic heterocycles. The first-order valence-electron chi connectivity index (χ1n) is 43.8. The molecular formula is C94H109BBrN21O9. The molecule has 1 N–H and O–H groups in total. The van der Waals surface area contributed by atoms with Crippen LogP contribution >= 0.6 is 15.9 Å². The van der Waals surface area contributed by atoms with E-state index in [0.717, 1.165) is 160 Å². The van der Waals surface area contributed by atoms with Gasteiger partial charge in [0.2, 0.25) is 0 Å². The number of amides is 2. The Morgan fingerprint density at radius 2 is 0.754 bits per heavy atom. The van der Waals surface area contributed by atoms with E-state index < -0.39 is 18.3 Å². The molecule has 0 bridgehead atoms. The van der Waals surface area contributed by atoms with Crippen molar-refractivity contribution >= 4 is 40.7 Å². The van der Waals surface area contributed by atoms with Gasteiger partial charge in [-0.3, -0.25) is 28.4 Å². The third-order valence-electron chi connectivity index (χ3n) is 23.8. The first kappa shape index (κ1) is 87.6. The molecule has 7 aliphatic rings. The van der Waals surface area contributed by atoms with Crippen LogP contribution in [0.4, 0.5) is 9.59 Å². The number of piperidine rings is 3. The van der Waals surface area contributed by atoms with E-state index in [9.17, 15) is 24.0 Å². The molecule has 0 radical (unpaired) electrons. The predicted molar refractivity (Wildman–Crippen MR) is 483 cm³/mol. The molecule has 30 nitrogen and oxygen atoms in total. The summed E-state index contributed by atoms with van der Waals surface area (Å²) in [5, 5.41) is 30.8. The van der Waals surface area contributed by atoms with Crippen molar-refractivity contribution in [2.24, 2.45) is 0 Å². The second kappa shape index (κ2) is 37.7. The summed E-state index contributed by atoms with van der Waals surface area (Å²) in [6, 6.07) is 35.2. The summed E-state index contributed by atoms with van der Waals surface area (Å²) in [4.78, 5) is 92.0. The maximum Gasteiger partial charge on any atom is 0.498 e. The van der Waals surface area contributed by atoms with Crippen LogP contribution in [0.5, 0.6) is 0 Å². The predicted octanol–water partition coefficient (Wildman–Crippen LogP) is 14.6. The Bertz CT molecular complexity index is 5970. The van der Waals surface area contributed by atoms with Crippen molar-refractivity contribution in [3.8, 4) is 56.4 Å². The minimum atomic E-state index is -0.495. The Morgan fingerprint density at radius 3 is 1.10 bits per heavy atom. The molecule has 0 unspecified atom stereocenters. The fraction of sp³-hybridized carbons (Fsp3) is 0.436. The van der Waals surface area contributed by atoms with E-state index in [1.807, 2.05) is 225 Å². The van der Waals surface area contributed by atoms with Gasteiger partial charge in [0, 0.05) is 169 Å². The number of likely N-dealkylation sites (tertiary alicyclic amines) is 2. The van der Waals surface area contributed by atoms with Crippen LogP contribution in [0.15, 0.2) is 202 Å². The van der Waals surface area contributed by atoms with Crippen molar-refractivity contribution in [3.05, 3.63) is 253 Å². The maximum absolute atomic E-state index is 12.4. The average Bonchev–Trinajstić information content (AvgIpc) is 1.61. The first-order valence-corrected chi connectivity index (χ1v) is 44.6. The molecule has 2 amide bonds. The number of benzene rings is 3. The maximum atomic E-state index is 12.4. The van der Waals surface area contributed by atoms with Gasteiger partial charge in [-0.2, -0.15) is 30.6 Å². The largest absolute Gasteiger partial charge is 0.498 e. The van der Waals surface area contributed by atoms with E-state index in [1.54, 1.807) is 45.1 Å². The molecule has 12 aromatic rings. The highest BCUT2D eigenvalue weighted by Gasteiger charge is 2.52. The molecule has 4 saturated heterocycles. The molecule has 654 valence electrons. The molecule has 3 aromatic carbocycles. The lowest BCUT2D eigenvalue weighted by Gasteiger charge is -2.33. The van der Waals surface area contributed by atoms with Crippen molar-refractivity contribution in [3.63, 3.8) is 0 Å². The van der Waals surface area contributed by atoms with Gasteiger partial charge in [0.05, 0.1) is 82.9 Å². The van der Waals surface area contributed by atoms with Crippen LogP contribution in [-0.4, -0.2) is 179 Å². The third kappa shape index (κ3) is 22.5. The third-order valence-corrected chi connectivity index (χ3v) is 24.2. The number of nitrogens with one attached hydrogen (secondary N) is 1. The lowest BCUT2D eigenvalue weighted by atomic mass is 9.82. The Balaban J connectivity index is 0.000000126. The van der Waals surface area contributed by atoms with Crippen molar-refractivity contribution in [1.29, 1.82) is 0 Å². The molecule has 7 fully saturated rings. The van der Waals surface area contributed by atoms with Gasteiger partial charge in [0.15, 0.2) is 17.5 Å². The summed E-state index contributed by atoms with van der Waals surface area (Å²) in [6.45, 7) is 25.5. The standard InChI is InChI=1S/C31H35N7O3.C26H27N7O.C19H32BN3O4.C18H15BrN4O/c1-31(2,3)41-30(40)36-13-11-26(12-14-36)37-20-25(18-34-37)24-16-32-29(33-17-24)23-6-4-5-21(15-23)19-38-28(39)10-9-27(35-38)22-7-8-22;34-25-7-6-24(19-4-5-19)31-33(25)16-18-2-1-3-20(12-18)26-28-13-21(14-29-26)22-15-30-32(17-22)23-8-10-27-11-9-23;1-17(2,3)25-16(24)22-10-8-15(9-11-22)23-13-14(12-21-23)20-26-18(4,5)19(6,7)27-20;19-15-9-20-18(21-10-15)14-3-1-2-12(8-14)11-23-17(24)7-6-16(22-23)13-4-5-13/h4-6,9-10,15-18,20,22,26H,7-8,11-14,19H2,1-3H3;1-3,6-7,12-15,17,19,23,27H,4-5,8-11,16H2;12-13,15H,8-11H2,1-7H3;1-3,6-10,13H,4-5,11H2. The lowest BCUT2D eigenvalue weighted by molar-refractivity contribution is 0.00578. The van der Waals surface area contributed by atoms with Gasteiger partial charge >= 0.3 is 19.3 Å². The molecule has 3 aliphatic carbocycles. The number of nitrogens with zero attached hydrogens (tertiary/aromatic N) is 20. The van der Waals surface area contributed by atoms with Crippen molar-refractivity contribution < 1.29 is 28.4 Å². The van der Waals surface area contributed by atoms with Crippen LogP contribution < -0.4 is 27.5 Å². The number of carbonyl (C=O) groups is 2. The zero-order chi connectivity index (χ0) is 88.0. The van der Waals surface area contributed by atoms with E-state index in [1.165, 1.54) is 22.2 Å². The normalized spacial score (nSPS) is 17.3. The number of aromatic nitrogens is 18. The highest BCUT2D eigenvalue weighted by atomic mass is 79.9. The van der Waals surface area contributed by atoms with Crippen LogP contribution in [0.1, 0.15) is 216 Å². The van der Waals surface area contributed by atoms with E-state index in [-0.39, 0.29) is 52.2 Å². The molecule has 126 heavy (non-hydrogen) atoms. The molecule has 0 spiro atoms. The van der Waals surface area contributed by atoms with Gasteiger partial charge < -0.3 is 33.9 Å². The average molecular weight is 1770 g/mol. The molecule has 32 heteroatoms. The Morgan fingerprint density at radius 1 is 0.421 bits per heavy atom. The summed E-state index contributed by atoms with van der Waals surface area (Å²) in [6.07, 6.45) is 34.4. The van der Waals surface area contributed by atoms with E-state index in [4.69, 9.17) is 18.8 Å². The fourth-order valence-corrected chi connectivity index (χ4v) is 15.8. The van der Waals surface area contributed by atoms with Crippen LogP contribution in [0, 0.1) is 0 Å². The molecule has 13 heterocycles.